The molecule has 0 atom stereocenters. The zero-order valence-electron chi connectivity index (χ0n) is 39.1. The van der Waals surface area contributed by atoms with Gasteiger partial charge in [0.15, 0.2) is 0 Å². The van der Waals surface area contributed by atoms with Gasteiger partial charge in [0.1, 0.15) is 23.0 Å². The average Bonchev–Trinajstić information content (AvgIpc) is 3.45. The van der Waals surface area contributed by atoms with Gasteiger partial charge in [0.2, 0.25) is 0 Å². The number of hydrogen-bond donors (Lipinski definition) is 0. The van der Waals surface area contributed by atoms with Gasteiger partial charge in [0.05, 0.1) is 22.8 Å². The molecule has 0 spiro atoms. The van der Waals surface area contributed by atoms with Crippen molar-refractivity contribution in [3.05, 3.63) is 267 Å². The molecule has 0 bridgehead atoms. The monoisotopic (exact) mass is 920 g/mol. The molecule has 2 heterocycles. The molecule has 0 N–H and O–H groups in total. The molecule has 0 radical (unpaired) electrons. The van der Waals surface area contributed by atoms with E-state index < -0.39 is 0 Å². The maximum Gasteiger partial charge on any atom is 0.135 e. The highest BCUT2D eigenvalue weighted by Crippen LogP contribution is 2.41. The fourth-order valence-electron chi connectivity index (χ4n) is 9.98. The van der Waals surface area contributed by atoms with Gasteiger partial charge < -0.3 is 9.47 Å². The summed E-state index contributed by atoms with van der Waals surface area (Å²) >= 11 is 0. The van der Waals surface area contributed by atoms with E-state index in [1.807, 2.05) is 36.4 Å². The fourth-order valence-corrected chi connectivity index (χ4v) is 9.98. The molecule has 4 heteroatoms. The molecular weight excluding hydrogens is 877 g/mol. The zero-order chi connectivity index (χ0) is 47.8. The summed E-state index contributed by atoms with van der Waals surface area (Å²) in [6.45, 7) is 0. The highest BCUT2D eigenvalue weighted by atomic mass is 16.5. The van der Waals surface area contributed by atoms with Crippen LogP contribution in [0.2, 0.25) is 0 Å². The Morgan fingerprint density at radius 3 is 0.986 bits per heavy atom. The minimum Gasteiger partial charge on any atom is -0.457 e. The minimum absolute atomic E-state index is 0.741. The Morgan fingerprint density at radius 1 is 0.208 bits per heavy atom. The van der Waals surface area contributed by atoms with Crippen LogP contribution in [0.5, 0.6) is 23.0 Å². The van der Waals surface area contributed by atoms with E-state index in [9.17, 15) is 0 Å². The molecule has 0 saturated carbocycles. The molecule has 72 heavy (non-hydrogen) atoms. The second kappa shape index (κ2) is 18.4. The van der Waals surface area contributed by atoms with Gasteiger partial charge in [-0.2, -0.15) is 0 Å². The third-order valence-corrected chi connectivity index (χ3v) is 13.5. The van der Waals surface area contributed by atoms with Crippen molar-refractivity contribution in [1.29, 1.82) is 0 Å². The Labute approximate surface area is 417 Å². The molecule has 0 aliphatic rings. The zero-order valence-corrected chi connectivity index (χ0v) is 39.1. The largest absolute Gasteiger partial charge is 0.457 e. The van der Waals surface area contributed by atoms with Crippen LogP contribution in [-0.2, 0) is 0 Å². The van der Waals surface area contributed by atoms with Gasteiger partial charge in [0.25, 0.3) is 0 Å². The standard InChI is InChI=1S/C68H44N2O2/c1-3-18-45(19-4-1)63-39-53(41-65(69-63)51-26-16-28-55(37-51)71-67-43-49-22-7-9-30-57(49)59-32-11-13-34-61(59)67)47-24-15-25-48(36-47)54-40-64(46-20-5-2-6-21-46)70-66(42-54)52-27-17-29-56(38-52)72-68-44-50-23-8-10-31-58(50)60-33-12-14-35-62(60)68/h1-44H. The second-order valence-electron chi connectivity index (χ2n) is 18.1. The average molecular weight is 921 g/mol. The lowest BCUT2D eigenvalue weighted by Crippen LogP contribution is -1.94. The number of pyridine rings is 2. The lowest BCUT2D eigenvalue weighted by molar-refractivity contribution is 0.489. The van der Waals surface area contributed by atoms with Gasteiger partial charge >= 0.3 is 0 Å². The third kappa shape index (κ3) is 8.27. The van der Waals surface area contributed by atoms with E-state index in [1.165, 1.54) is 10.8 Å². The summed E-state index contributed by atoms with van der Waals surface area (Å²) in [7, 11) is 0. The van der Waals surface area contributed by atoms with Crippen molar-refractivity contribution in [1.82, 2.24) is 9.97 Å². The number of fused-ring (bicyclic) bond motifs is 6. The highest BCUT2D eigenvalue weighted by molar-refractivity contribution is 6.11. The lowest BCUT2D eigenvalue weighted by atomic mass is 9.95. The van der Waals surface area contributed by atoms with Crippen molar-refractivity contribution < 1.29 is 9.47 Å². The highest BCUT2D eigenvalue weighted by Gasteiger charge is 2.16. The summed E-state index contributed by atoms with van der Waals surface area (Å²) in [6, 6.07) is 92.9. The first kappa shape index (κ1) is 42.5. The van der Waals surface area contributed by atoms with Gasteiger partial charge in [-0.3, -0.25) is 0 Å². The summed E-state index contributed by atoms with van der Waals surface area (Å²) < 4.78 is 13.5. The molecule has 0 saturated heterocycles. The van der Waals surface area contributed by atoms with E-state index in [0.717, 1.165) is 123 Å². The topological polar surface area (TPSA) is 44.2 Å². The first-order valence-electron chi connectivity index (χ1n) is 24.3. The minimum atomic E-state index is 0.741. The quantitative estimate of drug-likeness (QED) is 0.128. The molecule has 0 unspecified atom stereocenters. The van der Waals surface area contributed by atoms with Crippen molar-refractivity contribution >= 4 is 43.1 Å². The van der Waals surface area contributed by atoms with E-state index in [2.05, 4.69) is 231 Å². The number of aromatic nitrogens is 2. The van der Waals surface area contributed by atoms with Crippen LogP contribution >= 0.6 is 0 Å². The van der Waals surface area contributed by atoms with Crippen LogP contribution in [-0.4, -0.2) is 9.97 Å². The van der Waals surface area contributed by atoms with E-state index in [0.29, 0.717) is 0 Å². The number of hydrogen-bond acceptors (Lipinski definition) is 4. The Morgan fingerprint density at radius 2 is 0.542 bits per heavy atom. The number of benzene rings is 11. The molecular formula is C68H44N2O2. The van der Waals surface area contributed by atoms with Crippen LogP contribution in [0.4, 0.5) is 0 Å². The number of nitrogens with zero attached hydrogens (tertiary/aromatic N) is 2. The van der Waals surface area contributed by atoms with Gasteiger partial charge in [-0.05, 0) is 121 Å². The van der Waals surface area contributed by atoms with Gasteiger partial charge in [-0.1, -0.05) is 200 Å². The fraction of sp³-hybridized carbons (Fsp3) is 0. The van der Waals surface area contributed by atoms with Crippen LogP contribution in [0.1, 0.15) is 0 Å². The molecule has 2 aromatic heterocycles. The van der Waals surface area contributed by atoms with Crippen molar-refractivity contribution in [3.63, 3.8) is 0 Å². The molecule has 11 aromatic carbocycles. The normalized spacial score (nSPS) is 11.3. The van der Waals surface area contributed by atoms with Crippen LogP contribution in [0, 0.1) is 0 Å². The lowest BCUT2D eigenvalue weighted by Gasteiger charge is -2.15. The van der Waals surface area contributed by atoms with Gasteiger partial charge in [-0.15, -0.1) is 0 Å². The summed E-state index contributed by atoms with van der Waals surface area (Å²) in [5.74, 6) is 3.11. The van der Waals surface area contributed by atoms with Crippen LogP contribution < -0.4 is 9.47 Å². The van der Waals surface area contributed by atoms with Crippen molar-refractivity contribution in [2.24, 2.45) is 0 Å². The summed E-state index contributed by atoms with van der Waals surface area (Å²) in [5.41, 5.74) is 11.7. The van der Waals surface area contributed by atoms with Crippen molar-refractivity contribution in [2.45, 2.75) is 0 Å². The van der Waals surface area contributed by atoms with E-state index in [1.54, 1.807) is 0 Å². The first-order valence-corrected chi connectivity index (χ1v) is 24.3. The van der Waals surface area contributed by atoms with Crippen LogP contribution in [0.3, 0.4) is 0 Å². The maximum absolute atomic E-state index is 6.76. The SMILES string of the molecule is c1ccc(-c2cc(-c3cccc(-c4cc(-c5ccccc5)nc(-c5cccc(Oc6cc7ccccc7c7ccccc67)c5)c4)c3)cc(-c3cccc(Oc4cc5ccccc5c5ccccc45)c3)n2)cc1. The first-order chi connectivity index (χ1) is 35.6. The second-order valence-corrected chi connectivity index (χ2v) is 18.1. The van der Waals surface area contributed by atoms with E-state index >= 15 is 0 Å². The molecule has 4 nitrogen and oxygen atoms in total. The number of ether oxygens (including phenoxy) is 2. The molecule has 338 valence electrons. The predicted octanol–water partition coefficient (Wildman–Crippen LogP) is 18.7. The Balaban J connectivity index is 0.881. The molecule has 0 amide bonds. The van der Waals surface area contributed by atoms with Crippen LogP contribution in [0.25, 0.3) is 110 Å². The molecule has 13 rings (SSSR count). The molecule has 0 aliphatic carbocycles. The Hall–Kier alpha value is -9.64. The van der Waals surface area contributed by atoms with E-state index in [4.69, 9.17) is 19.4 Å². The summed E-state index contributed by atoms with van der Waals surface area (Å²) in [5, 5.41) is 9.14. The van der Waals surface area contributed by atoms with Gasteiger partial charge in [-0.25, -0.2) is 9.97 Å². The summed E-state index contributed by atoms with van der Waals surface area (Å²) in [4.78, 5) is 10.6. The summed E-state index contributed by atoms with van der Waals surface area (Å²) in [6.07, 6.45) is 0. The number of rotatable bonds is 10. The Bertz CT molecular complexity index is 3900. The third-order valence-electron chi connectivity index (χ3n) is 13.5. The van der Waals surface area contributed by atoms with E-state index in [-0.39, 0.29) is 0 Å². The van der Waals surface area contributed by atoms with Crippen molar-refractivity contribution in [3.8, 4) is 90.3 Å². The predicted molar refractivity (Wildman–Crippen MR) is 298 cm³/mol. The maximum atomic E-state index is 6.76. The van der Waals surface area contributed by atoms with Crippen molar-refractivity contribution in [2.75, 3.05) is 0 Å². The van der Waals surface area contributed by atoms with Gasteiger partial charge in [0, 0.05) is 33.0 Å². The molecule has 0 aliphatic heterocycles. The molecule has 13 aromatic rings. The molecule has 0 fully saturated rings. The smallest absolute Gasteiger partial charge is 0.135 e. The Kier molecular flexibility index (Phi) is 10.8. The van der Waals surface area contributed by atoms with Crippen LogP contribution in [0.15, 0.2) is 267 Å².